The van der Waals surface area contributed by atoms with Gasteiger partial charge in [0.2, 0.25) is 5.91 Å². The van der Waals surface area contributed by atoms with Crippen LogP contribution < -0.4 is 10.2 Å². The molecule has 92 valence electrons. The predicted octanol–water partition coefficient (Wildman–Crippen LogP) is 1.56. The lowest BCUT2D eigenvalue weighted by molar-refractivity contribution is -0.118. The van der Waals surface area contributed by atoms with Gasteiger partial charge in [-0.1, -0.05) is 6.07 Å². The molecular formula is C14H15N3O. The monoisotopic (exact) mass is 241 g/mol. The van der Waals surface area contributed by atoms with Gasteiger partial charge in [-0.05, 0) is 37.7 Å². The Hall–Kier alpha value is -1.94. The zero-order valence-electron chi connectivity index (χ0n) is 10.3. The lowest BCUT2D eigenvalue weighted by Gasteiger charge is -2.18. The zero-order chi connectivity index (χ0) is 12.5. The minimum Gasteiger partial charge on any atom is -0.310 e. The first kappa shape index (κ1) is 11.2. The summed E-state index contributed by atoms with van der Waals surface area (Å²) in [5.74, 6) is 0.147. The molecule has 1 aliphatic heterocycles. The van der Waals surface area contributed by atoms with Crippen molar-refractivity contribution in [2.45, 2.75) is 12.5 Å². The van der Waals surface area contributed by atoms with E-state index in [4.69, 9.17) is 0 Å². The molecule has 0 aliphatic carbocycles. The third kappa shape index (κ3) is 1.66. The van der Waals surface area contributed by atoms with E-state index in [1.807, 2.05) is 42.3 Å². The third-order valence-electron chi connectivity index (χ3n) is 3.47. The fourth-order valence-corrected chi connectivity index (χ4v) is 2.51. The van der Waals surface area contributed by atoms with Crippen LogP contribution in [0, 0.1) is 0 Å². The van der Waals surface area contributed by atoms with Gasteiger partial charge in [0.1, 0.15) is 0 Å². The van der Waals surface area contributed by atoms with Crippen LogP contribution in [-0.2, 0) is 4.79 Å². The van der Waals surface area contributed by atoms with E-state index in [2.05, 4.69) is 10.3 Å². The van der Waals surface area contributed by atoms with Crippen molar-refractivity contribution in [3.63, 3.8) is 0 Å². The number of amides is 1. The van der Waals surface area contributed by atoms with E-state index in [9.17, 15) is 4.79 Å². The summed E-state index contributed by atoms with van der Waals surface area (Å²) in [6, 6.07) is 9.76. The summed E-state index contributed by atoms with van der Waals surface area (Å²) in [5.41, 5.74) is 1.89. The van der Waals surface area contributed by atoms with Gasteiger partial charge in [0, 0.05) is 18.1 Å². The summed E-state index contributed by atoms with van der Waals surface area (Å²) in [7, 11) is 1.83. The molecule has 1 atom stereocenters. The first-order chi connectivity index (χ1) is 8.81. The molecule has 4 nitrogen and oxygen atoms in total. The minimum absolute atomic E-state index is 0.0584. The summed E-state index contributed by atoms with van der Waals surface area (Å²) in [4.78, 5) is 18.4. The first-order valence-corrected chi connectivity index (χ1v) is 6.13. The maximum absolute atomic E-state index is 12.2. The van der Waals surface area contributed by atoms with Crippen LogP contribution in [0.2, 0.25) is 0 Å². The highest BCUT2D eigenvalue weighted by Crippen LogP contribution is 2.28. The lowest BCUT2D eigenvalue weighted by atomic mass is 10.1. The largest absolute Gasteiger partial charge is 0.310 e. The number of fused-ring (bicyclic) bond motifs is 1. The predicted molar refractivity (Wildman–Crippen MR) is 71.6 cm³/mol. The molecule has 0 saturated carbocycles. The SMILES string of the molecule is CNC1CCN(c2cccc3ncccc23)C1=O. The van der Waals surface area contributed by atoms with Gasteiger partial charge in [-0.3, -0.25) is 9.78 Å². The van der Waals surface area contributed by atoms with Gasteiger partial charge in [0.15, 0.2) is 0 Å². The van der Waals surface area contributed by atoms with Gasteiger partial charge in [-0.2, -0.15) is 0 Å². The number of carbonyl (C=O) groups is 1. The second-order valence-corrected chi connectivity index (χ2v) is 4.47. The number of benzene rings is 1. The Labute approximate surface area is 106 Å². The molecule has 1 saturated heterocycles. The molecule has 18 heavy (non-hydrogen) atoms. The molecule has 1 unspecified atom stereocenters. The number of pyridine rings is 1. The first-order valence-electron chi connectivity index (χ1n) is 6.13. The summed E-state index contributed by atoms with van der Waals surface area (Å²) >= 11 is 0. The fraction of sp³-hybridized carbons (Fsp3) is 0.286. The Kier molecular flexibility index (Phi) is 2.72. The van der Waals surface area contributed by atoms with Gasteiger partial charge in [-0.25, -0.2) is 0 Å². The van der Waals surface area contributed by atoms with Crippen LogP contribution in [-0.4, -0.2) is 30.5 Å². The second kappa shape index (κ2) is 4.38. The standard InChI is InChI=1S/C14H15N3O/c1-15-12-7-9-17(14(12)18)13-6-2-5-11-10(13)4-3-8-16-11/h2-6,8,12,15H,7,9H2,1H3. The lowest BCUT2D eigenvalue weighted by Crippen LogP contribution is -2.36. The van der Waals surface area contributed by atoms with Crippen molar-refractivity contribution in [2.75, 3.05) is 18.5 Å². The molecule has 1 aromatic heterocycles. The average Bonchev–Trinajstić information content (AvgIpc) is 2.79. The van der Waals surface area contributed by atoms with Gasteiger partial charge >= 0.3 is 0 Å². The normalized spacial score (nSPS) is 19.7. The van der Waals surface area contributed by atoms with Crippen molar-refractivity contribution >= 4 is 22.5 Å². The number of hydrogen-bond acceptors (Lipinski definition) is 3. The number of hydrogen-bond donors (Lipinski definition) is 1. The number of nitrogens with zero attached hydrogens (tertiary/aromatic N) is 2. The van der Waals surface area contributed by atoms with Crippen molar-refractivity contribution in [1.29, 1.82) is 0 Å². The van der Waals surface area contributed by atoms with Gasteiger partial charge in [0.25, 0.3) is 0 Å². The van der Waals surface area contributed by atoms with Crippen molar-refractivity contribution in [2.24, 2.45) is 0 Å². The van der Waals surface area contributed by atoms with Crippen LogP contribution in [0.3, 0.4) is 0 Å². The highest BCUT2D eigenvalue weighted by Gasteiger charge is 2.31. The van der Waals surface area contributed by atoms with Gasteiger partial charge < -0.3 is 10.2 Å². The summed E-state index contributed by atoms with van der Waals surface area (Å²) in [6.45, 7) is 0.762. The molecule has 1 aliphatic rings. The molecule has 4 heteroatoms. The summed E-state index contributed by atoms with van der Waals surface area (Å²) in [5, 5.41) is 4.09. The Morgan fingerprint density at radius 3 is 3.00 bits per heavy atom. The second-order valence-electron chi connectivity index (χ2n) is 4.47. The Morgan fingerprint density at radius 2 is 2.22 bits per heavy atom. The number of aromatic nitrogens is 1. The highest BCUT2D eigenvalue weighted by molar-refractivity contribution is 6.06. The Balaban J connectivity index is 2.08. The molecule has 2 heterocycles. The highest BCUT2D eigenvalue weighted by atomic mass is 16.2. The third-order valence-corrected chi connectivity index (χ3v) is 3.47. The van der Waals surface area contributed by atoms with Crippen LogP contribution in [0.5, 0.6) is 0 Å². The van der Waals surface area contributed by atoms with Crippen molar-refractivity contribution < 1.29 is 4.79 Å². The quantitative estimate of drug-likeness (QED) is 0.868. The zero-order valence-corrected chi connectivity index (χ0v) is 10.3. The van der Waals surface area contributed by atoms with Crippen LogP contribution >= 0.6 is 0 Å². The summed E-state index contributed by atoms with van der Waals surface area (Å²) in [6.07, 6.45) is 2.63. The molecule has 0 spiro atoms. The van der Waals surface area contributed by atoms with Crippen molar-refractivity contribution in [3.05, 3.63) is 36.5 Å². The molecule has 1 N–H and O–H groups in total. The summed E-state index contributed by atoms with van der Waals surface area (Å²) < 4.78 is 0. The molecule has 1 aromatic carbocycles. The van der Waals surface area contributed by atoms with Crippen LogP contribution in [0.25, 0.3) is 10.9 Å². The van der Waals surface area contributed by atoms with E-state index in [-0.39, 0.29) is 11.9 Å². The molecule has 0 radical (unpaired) electrons. The number of likely N-dealkylation sites (N-methyl/N-ethyl adjacent to an activating group) is 1. The Morgan fingerprint density at radius 1 is 1.33 bits per heavy atom. The maximum Gasteiger partial charge on any atom is 0.244 e. The topological polar surface area (TPSA) is 45.2 Å². The number of rotatable bonds is 2. The van der Waals surface area contributed by atoms with Crippen molar-refractivity contribution in [3.8, 4) is 0 Å². The fourth-order valence-electron chi connectivity index (χ4n) is 2.51. The van der Waals surface area contributed by atoms with E-state index < -0.39 is 0 Å². The molecule has 1 fully saturated rings. The molecule has 2 aromatic rings. The van der Waals surface area contributed by atoms with E-state index in [1.54, 1.807) is 6.20 Å². The minimum atomic E-state index is -0.0584. The number of nitrogens with one attached hydrogen (secondary N) is 1. The molecular weight excluding hydrogens is 226 g/mol. The van der Waals surface area contributed by atoms with Crippen LogP contribution in [0.1, 0.15) is 6.42 Å². The van der Waals surface area contributed by atoms with E-state index in [1.165, 1.54) is 0 Å². The average molecular weight is 241 g/mol. The smallest absolute Gasteiger partial charge is 0.244 e. The number of anilines is 1. The van der Waals surface area contributed by atoms with Gasteiger partial charge in [0.05, 0.1) is 17.2 Å². The number of carbonyl (C=O) groups excluding carboxylic acids is 1. The van der Waals surface area contributed by atoms with E-state index in [0.29, 0.717) is 0 Å². The van der Waals surface area contributed by atoms with Gasteiger partial charge in [-0.15, -0.1) is 0 Å². The Bertz CT molecular complexity index is 591. The van der Waals surface area contributed by atoms with E-state index in [0.717, 1.165) is 29.6 Å². The van der Waals surface area contributed by atoms with Crippen LogP contribution in [0.15, 0.2) is 36.5 Å². The van der Waals surface area contributed by atoms with Crippen LogP contribution in [0.4, 0.5) is 5.69 Å². The molecule has 0 bridgehead atoms. The molecule has 1 amide bonds. The maximum atomic E-state index is 12.2. The molecule has 3 rings (SSSR count). The van der Waals surface area contributed by atoms with E-state index >= 15 is 0 Å². The van der Waals surface area contributed by atoms with Crippen molar-refractivity contribution in [1.82, 2.24) is 10.3 Å².